The molecule has 4 aromatic rings. The van der Waals surface area contributed by atoms with E-state index in [4.69, 9.17) is 11.5 Å². The number of hydrogen-bond donors (Lipinski definition) is 9. The number of carboxylic acids is 1. The maximum absolute atomic E-state index is 13.5. The number of benzene rings is 2. The number of aromatic nitrogens is 2. The van der Waals surface area contributed by atoms with Gasteiger partial charge in [-0.2, -0.15) is 0 Å². The van der Waals surface area contributed by atoms with Gasteiger partial charge in [0.15, 0.2) is 0 Å². The average molecular weight is 606 g/mol. The minimum absolute atomic E-state index is 0.0596. The lowest BCUT2D eigenvalue weighted by Gasteiger charge is -2.25. The molecule has 0 fully saturated rings. The Hall–Kier alpha value is -5.21. The predicted molar refractivity (Wildman–Crippen MR) is 161 cm³/mol. The van der Waals surface area contributed by atoms with Gasteiger partial charge in [0.2, 0.25) is 23.6 Å². The van der Waals surface area contributed by atoms with Gasteiger partial charge in [-0.05, 0) is 36.1 Å². The van der Waals surface area contributed by atoms with Crippen molar-refractivity contribution in [1.82, 2.24) is 25.9 Å². The van der Waals surface area contributed by atoms with Crippen molar-refractivity contribution in [1.29, 1.82) is 0 Å². The van der Waals surface area contributed by atoms with E-state index in [-0.39, 0.29) is 25.7 Å². The highest BCUT2D eigenvalue weighted by atomic mass is 16.4. The Kier molecular flexibility index (Phi) is 10.3. The van der Waals surface area contributed by atoms with Gasteiger partial charge in [0.25, 0.3) is 0 Å². The van der Waals surface area contributed by atoms with Crippen LogP contribution in [0.15, 0.2) is 60.9 Å². The van der Waals surface area contributed by atoms with Crippen molar-refractivity contribution < 1.29 is 34.2 Å². The first-order valence-electron chi connectivity index (χ1n) is 14.0. The lowest BCUT2D eigenvalue weighted by molar-refractivity contribution is -0.143. The minimum Gasteiger partial charge on any atom is -0.480 e. The second-order valence-corrected chi connectivity index (χ2v) is 10.4. The molecule has 0 aliphatic heterocycles. The summed E-state index contributed by atoms with van der Waals surface area (Å²) < 4.78 is 0. The Labute approximate surface area is 251 Å². The number of primary amides is 1. The van der Waals surface area contributed by atoms with Gasteiger partial charge in [-0.15, -0.1) is 0 Å². The molecule has 4 rings (SSSR count). The lowest BCUT2D eigenvalue weighted by Crippen LogP contribution is -2.58. The van der Waals surface area contributed by atoms with Gasteiger partial charge in [0.05, 0.1) is 12.6 Å². The van der Waals surface area contributed by atoms with Gasteiger partial charge in [-0.1, -0.05) is 36.4 Å². The van der Waals surface area contributed by atoms with E-state index in [1.165, 1.54) is 0 Å². The van der Waals surface area contributed by atoms with E-state index >= 15 is 0 Å². The van der Waals surface area contributed by atoms with Crippen molar-refractivity contribution in [2.24, 2.45) is 11.5 Å². The van der Waals surface area contributed by atoms with E-state index in [2.05, 4.69) is 25.9 Å². The number of aliphatic hydroxyl groups excluding tert-OH is 1. The molecule has 0 aliphatic rings. The molecule has 0 bridgehead atoms. The summed E-state index contributed by atoms with van der Waals surface area (Å²) >= 11 is 0. The van der Waals surface area contributed by atoms with Gasteiger partial charge in [0, 0.05) is 47.0 Å². The fourth-order valence-corrected chi connectivity index (χ4v) is 4.92. The van der Waals surface area contributed by atoms with E-state index < -0.39 is 60.4 Å². The fraction of sp³-hybridized carbons (Fsp3) is 0.300. The largest absolute Gasteiger partial charge is 0.480 e. The summed E-state index contributed by atoms with van der Waals surface area (Å²) in [6, 6.07) is 9.49. The van der Waals surface area contributed by atoms with Crippen LogP contribution in [-0.2, 0) is 36.8 Å². The summed E-state index contributed by atoms with van der Waals surface area (Å²) in [4.78, 5) is 69.1. The molecule has 4 atom stereocenters. The van der Waals surface area contributed by atoms with Crippen LogP contribution in [0.25, 0.3) is 21.8 Å². The van der Waals surface area contributed by atoms with Crippen LogP contribution < -0.4 is 27.4 Å². The molecule has 0 spiro atoms. The summed E-state index contributed by atoms with van der Waals surface area (Å²) in [5.74, 6) is -4.52. The number of nitrogens with two attached hydrogens (primary N) is 2. The maximum Gasteiger partial charge on any atom is 0.328 e. The number of rotatable bonds is 15. The minimum atomic E-state index is -1.61. The van der Waals surface area contributed by atoms with Crippen molar-refractivity contribution in [3.8, 4) is 0 Å². The topological polar surface area (TPSA) is 246 Å². The third-order valence-corrected chi connectivity index (χ3v) is 7.29. The van der Waals surface area contributed by atoms with Crippen molar-refractivity contribution in [3.05, 3.63) is 72.1 Å². The zero-order valence-corrected chi connectivity index (χ0v) is 23.7. The van der Waals surface area contributed by atoms with E-state index in [1.54, 1.807) is 18.5 Å². The zero-order valence-electron chi connectivity index (χ0n) is 23.7. The zero-order chi connectivity index (χ0) is 31.8. The Morgan fingerprint density at radius 3 is 1.77 bits per heavy atom. The third-order valence-electron chi connectivity index (χ3n) is 7.29. The predicted octanol–water partition coefficient (Wildman–Crippen LogP) is -0.441. The number of fused-ring (bicyclic) bond motifs is 2. The molecule has 4 unspecified atom stereocenters. The summed E-state index contributed by atoms with van der Waals surface area (Å²) in [6.07, 6.45) is 3.08. The number of H-pyrrole nitrogens is 2. The van der Waals surface area contributed by atoms with Crippen LogP contribution >= 0.6 is 0 Å². The molecule has 0 radical (unpaired) electrons. The first-order chi connectivity index (χ1) is 21.1. The second kappa shape index (κ2) is 14.3. The molecule has 2 aromatic carbocycles. The van der Waals surface area contributed by atoms with E-state index in [9.17, 15) is 34.2 Å². The number of carbonyl (C=O) groups is 5. The normalized spacial score (nSPS) is 14.0. The van der Waals surface area contributed by atoms with Crippen LogP contribution in [0.1, 0.15) is 24.0 Å². The number of aliphatic carboxylic acids is 1. The van der Waals surface area contributed by atoms with Crippen LogP contribution in [0.5, 0.6) is 0 Å². The Balaban J connectivity index is 1.53. The Bertz CT molecular complexity index is 1660. The van der Waals surface area contributed by atoms with Crippen molar-refractivity contribution in [2.45, 2.75) is 49.9 Å². The molecule has 14 nitrogen and oxygen atoms in total. The third kappa shape index (κ3) is 7.79. The monoisotopic (exact) mass is 605 g/mol. The molecule has 11 N–H and O–H groups in total. The van der Waals surface area contributed by atoms with Crippen LogP contribution in [0.3, 0.4) is 0 Å². The smallest absolute Gasteiger partial charge is 0.328 e. The molecule has 4 amide bonds. The standard InChI is InChI=1S/C30H35N7O7/c31-20(11-16-13-33-21-7-3-1-5-18(16)21)27(40)35-23(9-10-26(32)39)28(41)36-24(29(42)37-25(15-38)30(43)44)12-17-14-34-22-8-4-2-6-19(17)22/h1-8,13-14,20,23-25,33-34,38H,9-12,15,31H2,(H2,32,39)(H,35,40)(H,36,41)(H,37,42)(H,43,44). The highest BCUT2D eigenvalue weighted by molar-refractivity contribution is 5.95. The molecule has 2 aromatic heterocycles. The number of hydrogen-bond acceptors (Lipinski definition) is 7. The van der Waals surface area contributed by atoms with E-state index in [0.29, 0.717) is 5.56 Å². The molecule has 232 valence electrons. The number of aromatic amines is 2. The van der Waals surface area contributed by atoms with Crippen molar-refractivity contribution >= 4 is 51.4 Å². The quantitative estimate of drug-likeness (QED) is 0.0857. The van der Waals surface area contributed by atoms with Crippen molar-refractivity contribution in [2.75, 3.05) is 6.61 Å². The number of amides is 4. The van der Waals surface area contributed by atoms with Crippen molar-refractivity contribution in [3.63, 3.8) is 0 Å². The molecule has 14 heteroatoms. The van der Waals surface area contributed by atoms with Gasteiger partial charge in [-0.25, -0.2) is 4.79 Å². The Morgan fingerprint density at radius 1 is 0.727 bits per heavy atom. The van der Waals surface area contributed by atoms with E-state index in [1.807, 2.05) is 42.5 Å². The molecule has 2 heterocycles. The van der Waals surface area contributed by atoms with Crippen LogP contribution in [-0.4, -0.2) is 80.6 Å². The number of carbonyl (C=O) groups excluding carboxylic acids is 4. The average Bonchev–Trinajstić information content (AvgIpc) is 3.61. The molecular formula is C30H35N7O7. The first-order valence-corrected chi connectivity index (χ1v) is 14.0. The van der Waals surface area contributed by atoms with Gasteiger partial charge in [-0.3, -0.25) is 19.2 Å². The van der Waals surface area contributed by atoms with Gasteiger partial charge in [0.1, 0.15) is 18.1 Å². The molecule has 44 heavy (non-hydrogen) atoms. The SMILES string of the molecule is NC(=O)CCC(NC(=O)C(N)Cc1c[nH]c2ccccc12)C(=O)NC(Cc1c[nH]c2ccccc12)C(=O)NC(CO)C(=O)O. The Morgan fingerprint density at radius 2 is 1.23 bits per heavy atom. The lowest BCUT2D eigenvalue weighted by atomic mass is 10.0. The number of nitrogens with one attached hydrogen (secondary N) is 5. The molecule has 0 saturated heterocycles. The highest BCUT2D eigenvalue weighted by Gasteiger charge is 2.31. The second-order valence-electron chi connectivity index (χ2n) is 10.4. The maximum atomic E-state index is 13.5. The van der Waals surface area contributed by atoms with Gasteiger partial charge < -0.3 is 47.6 Å². The van der Waals surface area contributed by atoms with Crippen LogP contribution in [0, 0.1) is 0 Å². The van der Waals surface area contributed by atoms with Gasteiger partial charge >= 0.3 is 5.97 Å². The number of para-hydroxylation sites is 2. The number of aliphatic hydroxyl groups is 1. The first kappa shape index (κ1) is 31.7. The number of carboxylic acid groups (broad SMARTS) is 1. The fourth-order valence-electron chi connectivity index (χ4n) is 4.92. The molecule has 0 aliphatic carbocycles. The summed E-state index contributed by atoms with van der Waals surface area (Å²) in [6.45, 7) is -0.875. The molecule has 0 saturated carbocycles. The summed E-state index contributed by atoms with van der Waals surface area (Å²) in [5.41, 5.74) is 14.6. The summed E-state index contributed by atoms with van der Waals surface area (Å²) in [7, 11) is 0. The van der Waals surface area contributed by atoms with E-state index in [0.717, 1.165) is 27.4 Å². The highest BCUT2D eigenvalue weighted by Crippen LogP contribution is 2.20. The summed E-state index contributed by atoms with van der Waals surface area (Å²) in [5, 5.41) is 27.8. The molecular weight excluding hydrogens is 570 g/mol. The van der Waals surface area contributed by atoms with Crippen LogP contribution in [0.4, 0.5) is 0 Å². The van der Waals surface area contributed by atoms with Crippen LogP contribution in [0.2, 0.25) is 0 Å².